The zero-order valence-corrected chi connectivity index (χ0v) is 12.1. The van der Waals surface area contributed by atoms with E-state index in [4.69, 9.17) is 14.6 Å². The zero-order chi connectivity index (χ0) is 14.5. The average Bonchev–Trinajstić information content (AvgIpc) is 2.87. The molecule has 0 aliphatic heterocycles. The predicted octanol–water partition coefficient (Wildman–Crippen LogP) is 2.84. The fourth-order valence-corrected chi connectivity index (χ4v) is 2.57. The van der Waals surface area contributed by atoms with Gasteiger partial charge in [0, 0.05) is 10.9 Å². The maximum absolute atomic E-state index is 10.7. The minimum absolute atomic E-state index is 0.0648. The van der Waals surface area contributed by atoms with E-state index in [-0.39, 0.29) is 6.42 Å². The Bertz CT molecular complexity index is 609. The molecule has 6 heteroatoms. The molecule has 5 nitrogen and oxygen atoms in total. The van der Waals surface area contributed by atoms with E-state index in [0.717, 1.165) is 10.6 Å². The highest BCUT2D eigenvalue weighted by Gasteiger charge is 2.11. The van der Waals surface area contributed by atoms with E-state index in [2.05, 4.69) is 4.98 Å². The van der Waals surface area contributed by atoms with Crippen LogP contribution in [-0.4, -0.2) is 29.8 Å². The standard InChI is InChI=1S/C14H15NO4S/c1-3-19-11-5-4-9(6-12(11)18-2)14-15-10(8-20-14)7-13(16)17/h4-6,8H,3,7H2,1-2H3,(H,16,17). The summed E-state index contributed by atoms with van der Waals surface area (Å²) < 4.78 is 10.7. The van der Waals surface area contributed by atoms with Crippen molar-refractivity contribution in [2.24, 2.45) is 0 Å². The van der Waals surface area contributed by atoms with Crippen molar-refractivity contribution >= 4 is 17.3 Å². The van der Waals surface area contributed by atoms with Gasteiger partial charge in [-0.25, -0.2) is 4.98 Å². The Hall–Kier alpha value is -2.08. The van der Waals surface area contributed by atoms with Gasteiger partial charge in [0.15, 0.2) is 11.5 Å². The summed E-state index contributed by atoms with van der Waals surface area (Å²) in [4.78, 5) is 15.0. The van der Waals surface area contributed by atoms with Crippen molar-refractivity contribution in [3.63, 3.8) is 0 Å². The molecule has 0 aliphatic rings. The summed E-state index contributed by atoms with van der Waals surface area (Å²) in [6, 6.07) is 5.56. The first kappa shape index (κ1) is 14.3. The number of aromatic nitrogens is 1. The number of rotatable bonds is 6. The number of carbonyl (C=O) groups is 1. The lowest BCUT2D eigenvalue weighted by molar-refractivity contribution is -0.136. The van der Waals surface area contributed by atoms with Gasteiger partial charge in [-0.15, -0.1) is 11.3 Å². The van der Waals surface area contributed by atoms with E-state index in [1.807, 2.05) is 25.1 Å². The van der Waals surface area contributed by atoms with Gasteiger partial charge in [-0.1, -0.05) is 0 Å². The SMILES string of the molecule is CCOc1ccc(-c2nc(CC(=O)O)cs2)cc1OC. The number of nitrogens with zero attached hydrogens (tertiary/aromatic N) is 1. The van der Waals surface area contributed by atoms with Gasteiger partial charge in [0.05, 0.1) is 25.8 Å². The van der Waals surface area contributed by atoms with E-state index in [1.54, 1.807) is 12.5 Å². The smallest absolute Gasteiger partial charge is 0.309 e. The van der Waals surface area contributed by atoms with Gasteiger partial charge >= 0.3 is 5.97 Å². The zero-order valence-electron chi connectivity index (χ0n) is 11.3. The van der Waals surface area contributed by atoms with Gasteiger partial charge in [0.2, 0.25) is 0 Å². The van der Waals surface area contributed by atoms with Crippen LogP contribution in [0.1, 0.15) is 12.6 Å². The summed E-state index contributed by atoms with van der Waals surface area (Å²) in [5.41, 5.74) is 1.44. The molecule has 1 aromatic heterocycles. The van der Waals surface area contributed by atoms with Crippen LogP contribution in [0, 0.1) is 0 Å². The fourth-order valence-electron chi connectivity index (χ4n) is 1.75. The molecule has 0 amide bonds. The van der Waals surface area contributed by atoms with Crippen LogP contribution in [-0.2, 0) is 11.2 Å². The maximum Gasteiger partial charge on any atom is 0.309 e. The number of aliphatic carboxylic acids is 1. The minimum Gasteiger partial charge on any atom is -0.493 e. The number of methoxy groups -OCH3 is 1. The van der Waals surface area contributed by atoms with Crippen LogP contribution in [0.3, 0.4) is 0 Å². The van der Waals surface area contributed by atoms with E-state index >= 15 is 0 Å². The summed E-state index contributed by atoms with van der Waals surface area (Å²) >= 11 is 1.41. The summed E-state index contributed by atoms with van der Waals surface area (Å²) in [7, 11) is 1.58. The molecule has 0 radical (unpaired) electrons. The van der Waals surface area contributed by atoms with Crippen LogP contribution in [0.2, 0.25) is 0 Å². The van der Waals surface area contributed by atoms with Crippen molar-refractivity contribution in [2.75, 3.05) is 13.7 Å². The first-order valence-electron chi connectivity index (χ1n) is 6.11. The molecule has 20 heavy (non-hydrogen) atoms. The third-order valence-corrected chi connectivity index (χ3v) is 3.53. The van der Waals surface area contributed by atoms with E-state index in [9.17, 15) is 4.79 Å². The monoisotopic (exact) mass is 293 g/mol. The Morgan fingerprint density at radius 1 is 1.40 bits per heavy atom. The quantitative estimate of drug-likeness (QED) is 0.887. The molecule has 1 N–H and O–H groups in total. The molecule has 1 aromatic carbocycles. The van der Waals surface area contributed by atoms with Crippen molar-refractivity contribution in [2.45, 2.75) is 13.3 Å². The Morgan fingerprint density at radius 3 is 2.85 bits per heavy atom. The topological polar surface area (TPSA) is 68.7 Å². The van der Waals surface area contributed by atoms with E-state index in [0.29, 0.717) is 23.8 Å². The maximum atomic E-state index is 10.7. The van der Waals surface area contributed by atoms with E-state index in [1.165, 1.54) is 11.3 Å². The predicted molar refractivity (Wildman–Crippen MR) is 76.6 cm³/mol. The summed E-state index contributed by atoms with van der Waals surface area (Å²) in [5, 5.41) is 11.3. The second-order valence-electron chi connectivity index (χ2n) is 4.01. The van der Waals surface area contributed by atoms with Gasteiger partial charge in [-0.3, -0.25) is 4.79 Å². The van der Waals surface area contributed by atoms with Crippen molar-refractivity contribution in [3.05, 3.63) is 29.3 Å². The molecule has 0 saturated heterocycles. The molecule has 0 fully saturated rings. The molecular formula is C14H15NO4S. The largest absolute Gasteiger partial charge is 0.493 e. The van der Waals surface area contributed by atoms with Crippen LogP contribution in [0.5, 0.6) is 11.5 Å². The highest BCUT2D eigenvalue weighted by atomic mass is 32.1. The normalized spacial score (nSPS) is 10.3. The van der Waals surface area contributed by atoms with Crippen molar-refractivity contribution in [1.82, 2.24) is 4.98 Å². The molecule has 1 heterocycles. The Kier molecular flexibility index (Phi) is 4.57. The third-order valence-electron chi connectivity index (χ3n) is 2.59. The number of thiazole rings is 1. The molecule has 106 valence electrons. The van der Waals surface area contributed by atoms with Crippen molar-refractivity contribution < 1.29 is 19.4 Å². The first-order chi connectivity index (χ1) is 9.63. The summed E-state index contributed by atoms with van der Waals surface area (Å²) in [6.45, 7) is 2.47. The Morgan fingerprint density at radius 2 is 2.20 bits per heavy atom. The number of hydrogen-bond acceptors (Lipinski definition) is 5. The fraction of sp³-hybridized carbons (Fsp3) is 0.286. The molecule has 0 unspecified atom stereocenters. The molecule has 0 saturated carbocycles. The second kappa shape index (κ2) is 6.38. The molecule has 0 spiro atoms. The van der Waals surface area contributed by atoms with Crippen LogP contribution >= 0.6 is 11.3 Å². The highest BCUT2D eigenvalue weighted by Crippen LogP contribution is 2.33. The van der Waals surface area contributed by atoms with Crippen LogP contribution in [0.4, 0.5) is 0 Å². The lowest BCUT2D eigenvalue weighted by Crippen LogP contribution is -2.00. The number of hydrogen-bond donors (Lipinski definition) is 1. The molecule has 0 aliphatic carbocycles. The number of carboxylic acids is 1. The van der Waals surface area contributed by atoms with Gasteiger partial charge in [0.25, 0.3) is 0 Å². The number of carboxylic acid groups (broad SMARTS) is 1. The molecule has 2 rings (SSSR count). The molecule has 2 aromatic rings. The van der Waals surface area contributed by atoms with Gasteiger partial charge in [0.1, 0.15) is 5.01 Å². The van der Waals surface area contributed by atoms with Crippen LogP contribution < -0.4 is 9.47 Å². The number of ether oxygens (including phenoxy) is 2. The van der Waals surface area contributed by atoms with Crippen LogP contribution in [0.15, 0.2) is 23.6 Å². The average molecular weight is 293 g/mol. The Balaban J connectivity index is 2.28. The lowest BCUT2D eigenvalue weighted by Gasteiger charge is -2.09. The minimum atomic E-state index is -0.883. The molecular weight excluding hydrogens is 278 g/mol. The highest BCUT2D eigenvalue weighted by molar-refractivity contribution is 7.13. The van der Waals surface area contributed by atoms with Gasteiger partial charge in [-0.2, -0.15) is 0 Å². The van der Waals surface area contributed by atoms with E-state index < -0.39 is 5.97 Å². The first-order valence-corrected chi connectivity index (χ1v) is 6.99. The lowest BCUT2D eigenvalue weighted by atomic mass is 10.2. The summed E-state index contributed by atoms with van der Waals surface area (Å²) in [6.07, 6.45) is -0.0648. The summed E-state index contributed by atoms with van der Waals surface area (Å²) in [5.74, 6) is 0.437. The van der Waals surface area contributed by atoms with Gasteiger partial charge < -0.3 is 14.6 Å². The third kappa shape index (κ3) is 3.27. The van der Waals surface area contributed by atoms with Crippen molar-refractivity contribution in [1.29, 1.82) is 0 Å². The van der Waals surface area contributed by atoms with Gasteiger partial charge in [-0.05, 0) is 25.1 Å². The van der Waals surface area contributed by atoms with Crippen molar-refractivity contribution in [3.8, 4) is 22.1 Å². The molecule has 0 bridgehead atoms. The number of benzene rings is 1. The Labute approximate surface area is 120 Å². The second-order valence-corrected chi connectivity index (χ2v) is 4.87. The molecule has 0 atom stereocenters. The van der Waals surface area contributed by atoms with Crippen LogP contribution in [0.25, 0.3) is 10.6 Å².